The Morgan fingerprint density at radius 2 is 1.74 bits per heavy atom. The van der Waals surface area contributed by atoms with Crippen LogP contribution in [0.25, 0.3) is 21.9 Å². The number of para-hydroxylation sites is 1. The maximum atomic E-state index is 13.4. The number of pyridine rings is 1. The van der Waals surface area contributed by atoms with Crippen molar-refractivity contribution in [2.24, 2.45) is 24.3 Å². The molecule has 2 N–H and O–H groups in total. The molecule has 5 heterocycles. The molecule has 13 nitrogen and oxygen atoms in total. The van der Waals surface area contributed by atoms with Gasteiger partial charge in [0.2, 0.25) is 11.8 Å². The van der Waals surface area contributed by atoms with Crippen molar-refractivity contribution in [2.45, 2.75) is 95.3 Å². The van der Waals surface area contributed by atoms with Gasteiger partial charge in [0.15, 0.2) is 0 Å². The molecule has 2 saturated heterocycles. The smallest absolute Gasteiger partial charge is 0.433 e. The zero-order chi connectivity index (χ0) is 42.6. The molecule has 2 aliphatic carbocycles. The number of imidazole rings is 1. The molecule has 2 saturated carbocycles. The van der Waals surface area contributed by atoms with Crippen LogP contribution < -0.4 is 21.1 Å². The number of hydrogen-bond acceptors (Lipinski definition) is 8. The van der Waals surface area contributed by atoms with E-state index in [1.807, 2.05) is 23.0 Å². The number of aromatic nitrogens is 5. The molecule has 0 radical (unpaired) electrons. The zero-order valence-electron chi connectivity index (χ0n) is 34.5. The largest absolute Gasteiger partial charge is 0.494 e. The second-order valence-corrected chi connectivity index (χ2v) is 17.8. The molecule has 322 valence electrons. The molecule has 3 amide bonds. The molecule has 5 aromatic rings. The van der Waals surface area contributed by atoms with E-state index in [1.54, 1.807) is 28.3 Å². The van der Waals surface area contributed by atoms with Crippen LogP contribution in [0.5, 0.6) is 5.75 Å². The highest BCUT2D eigenvalue weighted by Crippen LogP contribution is 2.54. The lowest BCUT2D eigenvalue weighted by molar-refractivity contribution is -0.141. The normalized spacial score (nSPS) is 22.4. The van der Waals surface area contributed by atoms with Crippen molar-refractivity contribution in [3.8, 4) is 5.75 Å². The summed E-state index contributed by atoms with van der Waals surface area (Å²) in [6.45, 7) is 3.39. The molecular formula is C45H51F3N8O5. The Morgan fingerprint density at radius 3 is 2.46 bits per heavy atom. The lowest BCUT2D eigenvalue weighted by atomic mass is 9.56. The zero-order valence-corrected chi connectivity index (χ0v) is 34.5. The van der Waals surface area contributed by atoms with Crippen molar-refractivity contribution in [1.29, 1.82) is 0 Å². The first-order chi connectivity index (χ1) is 29.3. The van der Waals surface area contributed by atoms with Crippen molar-refractivity contribution in [2.75, 3.05) is 32.1 Å². The van der Waals surface area contributed by atoms with Gasteiger partial charge in [0.25, 0.3) is 5.91 Å². The van der Waals surface area contributed by atoms with Crippen LogP contribution in [0.1, 0.15) is 104 Å². The SMILES string of the molecule is COc1cc2nn([C@H]3CC[C@H](CN4CCC5(CC4)CC(CCc4cccc6c4n(C)c(=O)n6C4CCC(=O)NC4=O)C5)CC3)cc2cc1NC(=O)c1cccc(C(F)(F)F)n1. The van der Waals surface area contributed by atoms with E-state index in [0.29, 0.717) is 40.6 Å². The number of aryl methyl sites for hydroxylation is 2. The average Bonchev–Trinajstić information content (AvgIpc) is 3.76. The van der Waals surface area contributed by atoms with E-state index >= 15 is 0 Å². The van der Waals surface area contributed by atoms with Gasteiger partial charge in [0, 0.05) is 37.7 Å². The fraction of sp³-hybridized carbons (Fsp3) is 0.511. The first kappa shape index (κ1) is 40.9. The molecular weight excluding hydrogens is 790 g/mol. The van der Waals surface area contributed by atoms with Crippen molar-refractivity contribution in [3.05, 3.63) is 82.2 Å². The number of halogens is 3. The molecule has 4 aliphatic rings. The molecule has 1 spiro atoms. The summed E-state index contributed by atoms with van der Waals surface area (Å²) in [7, 11) is 3.24. The number of fused-ring (bicyclic) bond motifs is 2. The third-order valence-electron chi connectivity index (χ3n) is 14.0. The highest BCUT2D eigenvalue weighted by atomic mass is 19.4. The summed E-state index contributed by atoms with van der Waals surface area (Å²) in [6.07, 6.45) is 9.06. The number of likely N-dealkylation sites (tertiary alicyclic amines) is 1. The Hall–Kier alpha value is -5.51. The number of amides is 3. The second kappa shape index (κ2) is 16.1. The number of nitrogens with zero attached hydrogens (tertiary/aromatic N) is 6. The van der Waals surface area contributed by atoms with Gasteiger partial charge >= 0.3 is 11.9 Å². The number of carbonyl (C=O) groups is 3. The number of imide groups is 1. The predicted molar refractivity (Wildman–Crippen MR) is 222 cm³/mol. The summed E-state index contributed by atoms with van der Waals surface area (Å²) in [5.74, 6) is 0.178. The van der Waals surface area contributed by atoms with Crippen LogP contribution in [0.15, 0.2) is 59.5 Å². The fourth-order valence-corrected chi connectivity index (χ4v) is 10.7. The summed E-state index contributed by atoms with van der Waals surface area (Å²) < 4.78 is 50.3. The van der Waals surface area contributed by atoms with E-state index in [0.717, 1.165) is 92.3 Å². The number of rotatable bonds is 10. The van der Waals surface area contributed by atoms with Crippen molar-refractivity contribution in [1.82, 2.24) is 34.1 Å². The Morgan fingerprint density at radius 1 is 0.984 bits per heavy atom. The van der Waals surface area contributed by atoms with Gasteiger partial charge in [-0.05, 0) is 131 Å². The van der Waals surface area contributed by atoms with Gasteiger partial charge in [0.1, 0.15) is 23.2 Å². The maximum absolute atomic E-state index is 13.4. The number of alkyl halides is 3. The van der Waals surface area contributed by atoms with Crippen LogP contribution >= 0.6 is 0 Å². The highest BCUT2D eigenvalue weighted by Gasteiger charge is 2.45. The van der Waals surface area contributed by atoms with Gasteiger partial charge < -0.3 is 15.0 Å². The number of hydrogen-bond donors (Lipinski definition) is 2. The summed E-state index contributed by atoms with van der Waals surface area (Å²) in [5, 5.41) is 10.7. The van der Waals surface area contributed by atoms with Crippen molar-refractivity contribution >= 4 is 45.3 Å². The molecule has 61 heavy (non-hydrogen) atoms. The Labute approximate surface area is 350 Å². The average molecular weight is 841 g/mol. The number of benzene rings is 2. The van der Waals surface area contributed by atoms with Crippen molar-refractivity contribution in [3.63, 3.8) is 0 Å². The van der Waals surface area contributed by atoms with Crippen LogP contribution in [0.3, 0.4) is 0 Å². The Kier molecular flexibility index (Phi) is 10.8. The van der Waals surface area contributed by atoms with E-state index in [4.69, 9.17) is 9.84 Å². The quantitative estimate of drug-likeness (QED) is 0.141. The van der Waals surface area contributed by atoms with Crippen LogP contribution in [0.4, 0.5) is 18.9 Å². The van der Waals surface area contributed by atoms with E-state index in [1.165, 1.54) is 38.9 Å². The van der Waals surface area contributed by atoms with E-state index in [-0.39, 0.29) is 29.8 Å². The third kappa shape index (κ3) is 8.06. The third-order valence-corrected chi connectivity index (χ3v) is 14.0. The van der Waals surface area contributed by atoms with E-state index in [2.05, 4.69) is 26.6 Å². The summed E-state index contributed by atoms with van der Waals surface area (Å²) in [5.41, 5.74) is 2.52. The maximum Gasteiger partial charge on any atom is 0.433 e. The number of ether oxygens (including phenoxy) is 1. The van der Waals surface area contributed by atoms with Gasteiger partial charge in [-0.2, -0.15) is 18.3 Å². The predicted octanol–water partition coefficient (Wildman–Crippen LogP) is 7.20. The molecule has 4 fully saturated rings. The topological polar surface area (TPSA) is 145 Å². The number of piperidine rings is 2. The molecule has 3 aromatic heterocycles. The van der Waals surface area contributed by atoms with Crippen LogP contribution in [-0.4, -0.2) is 73.3 Å². The van der Waals surface area contributed by atoms with Crippen LogP contribution in [0.2, 0.25) is 0 Å². The van der Waals surface area contributed by atoms with Crippen LogP contribution in [-0.2, 0) is 29.2 Å². The lowest BCUT2D eigenvalue weighted by Crippen LogP contribution is -2.48. The number of methoxy groups -OCH3 is 1. The summed E-state index contributed by atoms with van der Waals surface area (Å²) in [4.78, 5) is 56.9. The molecule has 1 atom stereocenters. The van der Waals surface area contributed by atoms with E-state index < -0.39 is 29.7 Å². The van der Waals surface area contributed by atoms with Crippen LogP contribution in [0, 0.1) is 17.3 Å². The first-order valence-corrected chi connectivity index (χ1v) is 21.4. The van der Waals surface area contributed by atoms with Gasteiger partial charge in [-0.25, -0.2) is 9.78 Å². The van der Waals surface area contributed by atoms with Gasteiger partial charge in [-0.1, -0.05) is 18.2 Å². The molecule has 0 bridgehead atoms. The fourth-order valence-electron chi connectivity index (χ4n) is 10.7. The molecule has 9 rings (SSSR count). The second-order valence-electron chi connectivity index (χ2n) is 17.8. The lowest BCUT2D eigenvalue weighted by Gasteiger charge is -2.53. The van der Waals surface area contributed by atoms with Gasteiger partial charge in [0.05, 0.1) is 35.4 Å². The van der Waals surface area contributed by atoms with E-state index in [9.17, 15) is 32.3 Å². The minimum absolute atomic E-state index is 0.222. The Balaban J connectivity index is 0.743. The number of nitrogens with one attached hydrogen (secondary N) is 2. The van der Waals surface area contributed by atoms with Gasteiger partial charge in [-0.15, -0.1) is 0 Å². The molecule has 16 heteroatoms. The monoisotopic (exact) mass is 840 g/mol. The Bertz CT molecular complexity index is 2550. The molecule has 2 aromatic carbocycles. The summed E-state index contributed by atoms with van der Waals surface area (Å²) >= 11 is 0. The first-order valence-electron chi connectivity index (χ1n) is 21.4. The standard InChI is InChI=1S/C45H51F3N8O5/c1-53-40-29(5-3-7-35(40)56(43(53)60)36-15-16-39(57)51-42(36)59)12-9-28-23-44(24-28)17-19-54(20-18-44)25-27-10-13-31(14-11-27)55-26-30-21-34(37(61-2)22-33(30)52-55)50-41(58)32-6-4-8-38(49-32)45(46,47)48/h3-8,21-22,26-28,31,36H,9-20,23-25H2,1-2H3,(H,50,58)(H,51,57,59)/t27-,31-,36?. The highest BCUT2D eigenvalue weighted by molar-refractivity contribution is 6.05. The van der Waals surface area contributed by atoms with Crippen molar-refractivity contribution < 1.29 is 32.3 Å². The van der Waals surface area contributed by atoms with Gasteiger partial charge in [-0.3, -0.25) is 33.5 Å². The number of anilines is 1. The minimum atomic E-state index is -4.66. The number of carbonyl (C=O) groups excluding carboxylic acids is 3. The molecule has 2 aliphatic heterocycles. The minimum Gasteiger partial charge on any atom is -0.494 e. The summed E-state index contributed by atoms with van der Waals surface area (Å²) in [6, 6.07) is 12.2. The molecule has 1 unspecified atom stereocenters.